The van der Waals surface area contributed by atoms with Crippen molar-refractivity contribution in [1.82, 2.24) is 5.32 Å². The molecule has 7 heteroatoms. The first-order valence-corrected chi connectivity index (χ1v) is 12.2. The third kappa shape index (κ3) is 4.59. The molecule has 0 radical (unpaired) electrons. The summed E-state index contributed by atoms with van der Waals surface area (Å²) in [4.78, 5) is 12.6. The second-order valence-corrected chi connectivity index (χ2v) is 10.5. The second kappa shape index (κ2) is 8.00. The summed E-state index contributed by atoms with van der Waals surface area (Å²) in [5.41, 5.74) is 1.91. The van der Waals surface area contributed by atoms with E-state index < -0.39 is 10.0 Å². The Hall–Kier alpha value is -2.05. The predicted octanol–water partition coefficient (Wildman–Crippen LogP) is 4.22. The van der Waals surface area contributed by atoms with Crippen molar-refractivity contribution in [3.8, 4) is 0 Å². The first-order chi connectivity index (χ1) is 13.8. The third-order valence-electron chi connectivity index (χ3n) is 6.11. The number of fused-ring (bicyclic) bond motifs is 2. The number of carbonyl (C=O) groups is 1. The smallest absolute Gasteiger partial charge is 0.251 e. The molecule has 1 N–H and O–H groups in total. The highest BCUT2D eigenvalue weighted by molar-refractivity contribution is 7.92. The minimum absolute atomic E-state index is 0.0855. The summed E-state index contributed by atoms with van der Waals surface area (Å²) in [6.07, 6.45) is 6.00. The molecular weight excluding hydrogens is 408 g/mol. The Kier molecular flexibility index (Phi) is 5.58. The number of hydrogen-bond acceptors (Lipinski definition) is 3. The molecule has 3 atom stereocenters. The van der Waals surface area contributed by atoms with Gasteiger partial charge < -0.3 is 5.32 Å². The molecule has 0 aliphatic heterocycles. The molecule has 1 amide bonds. The number of nitrogens with zero attached hydrogens (tertiary/aromatic N) is 1. The quantitative estimate of drug-likeness (QED) is 0.742. The zero-order valence-electron chi connectivity index (χ0n) is 16.3. The maximum atomic E-state index is 12.6. The van der Waals surface area contributed by atoms with Crippen LogP contribution in [0.2, 0.25) is 5.02 Å². The molecule has 2 saturated carbocycles. The zero-order valence-corrected chi connectivity index (χ0v) is 17.9. The van der Waals surface area contributed by atoms with Gasteiger partial charge in [0.1, 0.15) is 0 Å². The fourth-order valence-corrected chi connectivity index (χ4v) is 5.62. The normalized spacial score (nSPS) is 23.2. The van der Waals surface area contributed by atoms with Crippen LogP contribution >= 0.6 is 11.6 Å². The van der Waals surface area contributed by atoms with E-state index in [1.165, 1.54) is 29.8 Å². The van der Waals surface area contributed by atoms with E-state index in [0.717, 1.165) is 17.9 Å². The van der Waals surface area contributed by atoms with Crippen LogP contribution in [0.25, 0.3) is 0 Å². The molecule has 154 valence electrons. The van der Waals surface area contributed by atoms with Crippen molar-refractivity contribution < 1.29 is 13.2 Å². The number of hydrogen-bond donors (Lipinski definition) is 1. The number of benzene rings is 2. The molecule has 2 aliphatic rings. The second-order valence-electron chi connectivity index (χ2n) is 8.20. The summed E-state index contributed by atoms with van der Waals surface area (Å²) in [7, 11) is -3.48. The number of carbonyl (C=O) groups excluding carboxylic acids is 1. The van der Waals surface area contributed by atoms with Crippen LogP contribution in [0.1, 0.15) is 41.6 Å². The third-order valence-corrected chi connectivity index (χ3v) is 7.50. The van der Waals surface area contributed by atoms with E-state index in [1.54, 1.807) is 48.5 Å². The Labute approximate surface area is 177 Å². The Bertz CT molecular complexity index is 990. The number of rotatable bonds is 6. The molecule has 2 aromatic carbocycles. The predicted molar refractivity (Wildman–Crippen MR) is 116 cm³/mol. The Balaban J connectivity index is 1.48. The van der Waals surface area contributed by atoms with Gasteiger partial charge >= 0.3 is 0 Å². The maximum Gasteiger partial charge on any atom is 0.251 e. The topological polar surface area (TPSA) is 66.5 Å². The highest BCUT2D eigenvalue weighted by atomic mass is 35.5. The first kappa shape index (κ1) is 20.2. The first-order valence-electron chi connectivity index (χ1n) is 9.92. The van der Waals surface area contributed by atoms with E-state index in [2.05, 4.69) is 5.32 Å². The highest BCUT2D eigenvalue weighted by Crippen LogP contribution is 2.44. The van der Waals surface area contributed by atoms with Crippen molar-refractivity contribution in [3.05, 3.63) is 64.7 Å². The van der Waals surface area contributed by atoms with Gasteiger partial charge in [0.15, 0.2) is 0 Å². The van der Waals surface area contributed by atoms with Crippen molar-refractivity contribution in [2.75, 3.05) is 10.6 Å². The van der Waals surface area contributed by atoms with Crippen LogP contribution in [0, 0.1) is 11.8 Å². The van der Waals surface area contributed by atoms with E-state index in [9.17, 15) is 13.2 Å². The summed E-state index contributed by atoms with van der Waals surface area (Å²) in [5, 5.41) is 3.77. The molecule has 2 bridgehead atoms. The van der Waals surface area contributed by atoms with Crippen molar-refractivity contribution in [1.29, 1.82) is 0 Å². The lowest BCUT2D eigenvalue weighted by molar-refractivity contribution is 0.0923. The van der Waals surface area contributed by atoms with Gasteiger partial charge in [-0.25, -0.2) is 8.42 Å². The number of anilines is 1. The number of sulfonamides is 1. The van der Waals surface area contributed by atoms with Gasteiger partial charge in [-0.1, -0.05) is 30.2 Å². The molecule has 0 aromatic heterocycles. The van der Waals surface area contributed by atoms with Crippen LogP contribution in [0.4, 0.5) is 5.69 Å². The van der Waals surface area contributed by atoms with Crippen LogP contribution < -0.4 is 9.62 Å². The zero-order chi connectivity index (χ0) is 20.6. The highest BCUT2D eigenvalue weighted by Gasteiger charge is 2.40. The Morgan fingerprint density at radius 1 is 1.07 bits per heavy atom. The summed E-state index contributed by atoms with van der Waals surface area (Å²) in [6.45, 7) is 0.201. The largest absolute Gasteiger partial charge is 0.349 e. The summed E-state index contributed by atoms with van der Waals surface area (Å²) < 4.78 is 26.0. The minimum Gasteiger partial charge on any atom is -0.349 e. The van der Waals surface area contributed by atoms with Crippen LogP contribution in [-0.2, 0) is 16.6 Å². The average Bonchev–Trinajstić information content (AvgIpc) is 3.30. The van der Waals surface area contributed by atoms with E-state index >= 15 is 0 Å². The average molecular weight is 433 g/mol. The minimum atomic E-state index is -3.48. The molecule has 0 spiro atoms. The molecular formula is C22H25ClN2O3S. The monoisotopic (exact) mass is 432 g/mol. The molecule has 2 fully saturated rings. The van der Waals surface area contributed by atoms with Gasteiger partial charge in [0.25, 0.3) is 5.91 Å². The molecule has 4 rings (SSSR count). The van der Waals surface area contributed by atoms with Gasteiger partial charge in [-0.15, -0.1) is 0 Å². The molecule has 29 heavy (non-hydrogen) atoms. The van der Waals surface area contributed by atoms with E-state index in [1.807, 2.05) is 0 Å². The van der Waals surface area contributed by atoms with Crippen LogP contribution in [0.3, 0.4) is 0 Å². The molecule has 2 aliphatic carbocycles. The van der Waals surface area contributed by atoms with Gasteiger partial charge in [-0.3, -0.25) is 9.10 Å². The summed E-state index contributed by atoms with van der Waals surface area (Å²) in [6, 6.07) is 14.1. The van der Waals surface area contributed by atoms with Crippen molar-refractivity contribution >= 4 is 33.2 Å². The standard InChI is InChI=1S/C22H25ClN2O3S/c1-29(27,28)25(14-15-3-8-19(23)9-4-15)20-10-6-17(7-11-20)22(26)24-21-13-16-2-5-18(21)12-16/h3-4,6-11,16,18,21H,2,5,12-14H2,1H3,(H,24,26)/t16-,18-,21+/m1/s1. The van der Waals surface area contributed by atoms with Gasteiger partial charge in [0, 0.05) is 16.6 Å². The number of halogens is 1. The van der Waals surface area contributed by atoms with Crippen LogP contribution in [0.15, 0.2) is 48.5 Å². The lowest BCUT2D eigenvalue weighted by Crippen LogP contribution is -2.38. The maximum absolute atomic E-state index is 12.6. The van der Waals surface area contributed by atoms with E-state index in [-0.39, 0.29) is 18.5 Å². The van der Waals surface area contributed by atoms with Gasteiger partial charge in [0.05, 0.1) is 18.5 Å². The van der Waals surface area contributed by atoms with Crippen LogP contribution in [0.5, 0.6) is 0 Å². The van der Waals surface area contributed by atoms with E-state index in [4.69, 9.17) is 11.6 Å². The Morgan fingerprint density at radius 2 is 1.76 bits per heavy atom. The number of nitrogens with one attached hydrogen (secondary N) is 1. The Morgan fingerprint density at radius 3 is 2.31 bits per heavy atom. The van der Waals surface area contributed by atoms with Gasteiger partial charge in [-0.05, 0) is 73.1 Å². The number of amides is 1. The molecule has 5 nitrogen and oxygen atoms in total. The lowest BCUT2D eigenvalue weighted by atomic mass is 9.95. The van der Waals surface area contributed by atoms with Crippen molar-refractivity contribution in [2.24, 2.45) is 11.8 Å². The van der Waals surface area contributed by atoms with Gasteiger partial charge in [0.2, 0.25) is 10.0 Å². The summed E-state index contributed by atoms with van der Waals surface area (Å²) >= 11 is 5.91. The fourth-order valence-electron chi connectivity index (χ4n) is 4.61. The van der Waals surface area contributed by atoms with Gasteiger partial charge in [-0.2, -0.15) is 0 Å². The van der Waals surface area contributed by atoms with Crippen LogP contribution in [-0.4, -0.2) is 26.6 Å². The van der Waals surface area contributed by atoms with E-state index in [0.29, 0.717) is 22.2 Å². The van der Waals surface area contributed by atoms with Crippen molar-refractivity contribution in [3.63, 3.8) is 0 Å². The molecule has 2 aromatic rings. The summed E-state index contributed by atoms with van der Waals surface area (Å²) in [5.74, 6) is 1.30. The lowest BCUT2D eigenvalue weighted by Gasteiger charge is -2.24. The SMILES string of the molecule is CS(=O)(=O)N(Cc1ccc(Cl)cc1)c1ccc(C(=O)N[C@H]2C[C@@H]3CC[C@@H]2C3)cc1. The molecule has 0 saturated heterocycles. The van der Waals surface area contributed by atoms with Crippen molar-refractivity contribution in [2.45, 2.75) is 38.3 Å². The fraction of sp³-hybridized carbons (Fsp3) is 0.409. The molecule has 0 unspecified atom stereocenters. The molecule has 0 heterocycles.